The van der Waals surface area contributed by atoms with E-state index in [-0.39, 0.29) is 12.1 Å². The Balaban J connectivity index is 2.60. The van der Waals surface area contributed by atoms with E-state index >= 15 is 0 Å². The summed E-state index contributed by atoms with van der Waals surface area (Å²) in [5, 5.41) is 9.52. The Morgan fingerprint density at radius 1 is 1.48 bits per heavy atom. The summed E-state index contributed by atoms with van der Waals surface area (Å²) in [5.74, 6) is -1.07. The number of carboxylic acid groups (broad SMARTS) is 1. The SMILES string of the molecule is CCC1(C(=O)O)CCCN1c1cc(Br)ccc1C(F)(F)F. The maximum Gasteiger partial charge on any atom is 0.418 e. The molecular weight excluding hydrogens is 351 g/mol. The molecule has 116 valence electrons. The molecule has 1 N–H and O–H groups in total. The van der Waals surface area contributed by atoms with E-state index in [0.717, 1.165) is 6.07 Å². The zero-order chi connectivity index (χ0) is 15.8. The molecule has 3 nitrogen and oxygen atoms in total. The van der Waals surface area contributed by atoms with Gasteiger partial charge in [0, 0.05) is 11.0 Å². The topological polar surface area (TPSA) is 40.5 Å². The van der Waals surface area contributed by atoms with Gasteiger partial charge in [0.1, 0.15) is 5.54 Å². The third-order valence-corrected chi connectivity index (χ3v) is 4.52. The second-order valence-electron chi connectivity index (χ2n) is 5.10. The number of nitrogens with zero attached hydrogens (tertiary/aromatic N) is 1. The minimum atomic E-state index is -4.52. The lowest BCUT2D eigenvalue weighted by atomic mass is 9.92. The maximum absolute atomic E-state index is 13.2. The van der Waals surface area contributed by atoms with Crippen molar-refractivity contribution in [1.82, 2.24) is 0 Å². The van der Waals surface area contributed by atoms with Gasteiger partial charge in [0.05, 0.1) is 11.3 Å². The van der Waals surface area contributed by atoms with Crippen molar-refractivity contribution in [2.24, 2.45) is 0 Å². The van der Waals surface area contributed by atoms with Crippen LogP contribution in [0.15, 0.2) is 22.7 Å². The summed E-state index contributed by atoms with van der Waals surface area (Å²) in [5.41, 5.74) is -2.13. The molecule has 1 unspecified atom stereocenters. The van der Waals surface area contributed by atoms with Crippen LogP contribution in [0.3, 0.4) is 0 Å². The van der Waals surface area contributed by atoms with Crippen molar-refractivity contribution in [2.45, 2.75) is 37.9 Å². The molecule has 1 aromatic rings. The van der Waals surface area contributed by atoms with E-state index in [4.69, 9.17) is 0 Å². The number of benzene rings is 1. The van der Waals surface area contributed by atoms with Gasteiger partial charge in [-0.1, -0.05) is 22.9 Å². The molecule has 0 aliphatic carbocycles. The van der Waals surface area contributed by atoms with Crippen LogP contribution >= 0.6 is 15.9 Å². The molecule has 0 aromatic heterocycles. The number of carbonyl (C=O) groups is 1. The number of hydrogen-bond donors (Lipinski definition) is 1. The van der Waals surface area contributed by atoms with E-state index < -0.39 is 23.2 Å². The molecule has 0 radical (unpaired) electrons. The number of hydrogen-bond acceptors (Lipinski definition) is 2. The van der Waals surface area contributed by atoms with Crippen LogP contribution in [0.2, 0.25) is 0 Å². The zero-order valence-electron chi connectivity index (χ0n) is 11.4. The fourth-order valence-electron chi connectivity index (χ4n) is 2.94. The monoisotopic (exact) mass is 365 g/mol. The summed E-state index contributed by atoms with van der Waals surface area (Å²) in [6.45, 7) is 2.00. The first-order chi connectivity index (χ1) is 9.72. The molecule has 21 heavy (non-hydrogen) atoms. The minimum Gasteiger partial charge on any atom is -0.479 e. The highest BCUT2D eigenvalue weighted by atomic mass is 79.9. The first-order valence-corrected chi connectivity index (χ1v) is 7.39. The maximum atomic E-state index is 13.2. The highest BCUT2D eigenvalue weighted by molar-refractivity contribution is 9.10. The molecule has 7 heteroatoms. The number of rotatable bonds is 3. The van der Waals surface area contributed by atoms with Gasteiger partial charge < -0.3 is 10.0 Å². The predicted octanol–water partition coefficient (Wildman–Crippen LogP) is 4.30. The highest BCUT2D eigenvalue weighted by Gasteiger charge is 2.48. The largest absolute Gasteiger partial charge is 0.479 e. The molecule has 1 aliphatic rings. The van der Waals surface area contributed by atoms with Gasteiger partial charge in [-0.15, -0.1) is 0 Å². The van der Waals surface area contributed by atoms with Gasteiger partial charge in [-0.05, 0) is 37.5 Å². The molecule has 1 fully saturated rings. The van der Waals surface area contributed by atoms with Crippen molar-refractivity contribution >= 4 is 27.6 Å². The number of alkyl halides is 3. The van der Waals surface area contributed by atoms with Crippen molar-refractivity contribution in [3.05, 3.63) is 28.2 Å². The standard InChI is InChI=1S/C14H15BrF3NO2/c1-2-13(12(20)21)6-3-7-19(13)11-8-9(15)4-5-10(11)14(16,17)18/h4-5,8H,2-3,6-7H2,1H3,(H,20,21). The van der Waals surface area contributed by atoms with Gasteiger partial charge in [-0.3, -0.25) is 0 Å². The van der Waals surface area contributed by atoms with Crippen molar-refractivity contribution in [2.75, 3.05) is 11.4 Å². The molecule has 1 heterocycles. The third kappa shape index (κ3) is 2.75. The quantitative estimate of drug-likeness (QED) is 0.867. The lowest BCUT2D eigenvalue weighted by Crippen LogP contribution is -2.50. The first kappa shape index (κ1) is 16.1. The van der Waals surface area contributed by atoms with E-state index in [1.54, 1.807) is 6.92 Å². The van der Waals surface area contributed by atoms with Crippen LogP contribution in [0.4, 0.5) is 18.9 Å². The Hall–Kier alpha value is -1.24. The summed E-state index contributed by atoms with van der Waals surface area (Å²) < 4.78 is 40.1. The predicted molar refractivity (Wildman–Crippen MR) is 76.4 cm³/mol. The molecule has 0 amide bonds. The normalized spacial score (nSPS) is 22.6. The average molecular weight is 366 g/mol. The molecular formula is C14H15BrF3NO2. The molecule has 1 atom stereocenters. The van der Waals surface area contributed by atoms with Gasteiger partial charge in [0.2, 0.25) is 0 Å². The number of halogens is 4. The van der Waals surface area contributed by atoms with Gasteiger partial charge in [0.15, 0.2) is 0 Å². The van der Waals surface area contributed by atoms with Crippen LogP contribution in [-0.2, 0) is 11.0 Å². The molecule has 1 aliphatic heterocycles. The Kier molecular flexibility index (Phi) is 4.24. The second kappa shape index (κ2) is 5.51. The van der Waals surface area contributed by atoms with E-state index in [1.807, 2.05) is 0 Å². The van der Waals surface area contributed by atoms with Crippen molar-refractivity contribution in [3.8, 4) is 0 Å². The van der Waals surface area contributed by atoms with Crippen LogP contribution < -0.4 is 4.90 Å². The fraction of sp³-hybridized carbons (Fsp3) is 0.500. The van der Waals surface area contributed by atoms with E-state index in [9.17, 15) is 23.1 Å². The Morgan fingerprint density at radius 3 is 2.67 bits per heavy atom. The zero-order valence-corrected chi connectivity index (χ0v) is 13.0. The summed E-state index contributed by atoms with van der Waals surface area (Å²) >= 11 is 3.17. The van der Waals surface area contributed by atoms with Crippen LogP contribution in [0.5, 0.6) is 0 Å². The molecule has 0 spiro atoms. The van der Waals surface area contributed by atoms with Crippen molar-refractivity contribution < 1.29 is 23.1 Å². The number of anilines is 1. The van der Waals surface area contributed by atoms with Gasteiger partial charge in [-0.2, -0.15) is 13.2 Å². The van der Waals surface area contributed by atoms with Crippen LogP contribution in [0.1, 0.15) is 31.7 Å². The summed E-state index contributed by atoms with van der Waals surface area (Å²) in [7, 11) is 0. The van der Waals surface area contributed by atoms with Crippen LogP contribution in [-0.4, -0.2) is 23.2 Å². The number of aliphatic carboxylic acids is 1. The highest BCUT2D eigenvalue weighted by Crippen LogP contribution is 2.44. The molecule has 1 saturated heterocycles. The van der Waals surface area contributed by atoms with Crippen LogP contribution in [0, 0.1) is 0 Å². The Labute approximate surface area is 128 Å². The second-order valence-corrected chi connectivity index (χ2v) is 6.02. The lowest BCUT2D eigenvalue weighted by molar-refractivity contribution is -0.144. The van der Waals surface area contributed by atoms with Gasteiger partial charge >= 0.3 is 12.1 Å². The summed E-state index contributed by atoms with van der Waals surface area (Å²) in [6.07, 6.45) is -3.35. The summed E-state index contributed by atoms with van der Waals surface area (Å²) in [4.78, 5) is 13.0. The smallest absolute Gasteiger partial charge is 0.418 e. The molecule has 2 rings (SSSR count). The van der Waals surface area contributed by atoms with E-state index in [0.29, 0.717) is 23.9 Å². The number of carboxylic acids is 1. The molecule has 1 aromatic carbocycles. The van der Waals surface area contributed by atoms with E-state index in [2.05, 4.69) is 15.9 Å². The molecule has 0 bridgehead atoms. The van der Waals surface area contributed by atoms with Crippen LogP contribution in [0.25, 0.3) is 0 Å². The lowest BCUT2D eigenvalue weighted by Gasteiger charge is -2.37. The van der Waals surface area contributed by atoms with E-state index in [1.165, 1.54) is 17.0 Å². The van der Waals surface area contributed by atoms with Crippen molar-refractivity contribution in [3.63, 3.8) is 0 Å². The average Bonchev–Trinajstić information content (AvgIpc) is 2.81. The molecule has 0 saturated carbocycles. The van der Waals surface area contributed by atoms with Gasteiger partial charge in [0.25, 0.3) is 0 Å². The fourth-order valence-corrected chi connectivity index (χ4v) is 3.29. The summed E-state index contributed by atoms with van der Waals surface area (Å²) in [6, 6.07) is 3.65. The Bertz CT molecular complexity index is 562. The Morgan fingerprint density at radius 2 is 2.14 bits per heavy atom. The third-order valence-electron chi connectivity index (χ3n) is 4.03. The van der Waals surface area contributed by atoms with Gasteiger partial charge in [-0.25, -0.2) is 4.79 Å². The van der Waals surface area contributed by atoms with Crippen molar-refractivity contribution in [1.29, 1.82) is 0 Å². The first-order valence-electron chi connectivity index (χ1n) is 6.60. The minimum absolute atomic E-state index is 0.0707.